The fraction of sp³-hybridized carbons (Fsp3) is 0.0500. The molecule has 26 heavy (non-hydrogen) atoms. The van der Waals surface area contributed by atoms with Gasteiger partial charge >= 0.3 is 5.63 Å². The largest absolute Gasteiger partial charge is 0.493 e. The fourth-order valence-corrected chi connectivity index (χ4v) is 2.84. The number of ether oxygens (including phenoxy) is 1. The van der Waals surface area contributed by atoms with E-state index < -0.39 is 11.5 Å². The number of fused-ring (bicyclic) bond motifs is 2. The van der Waals surface area contributed by atoms with Crippen molar-refractivity contribution in [3.63, 3.8) is 0 Å². The Morgan fingerprint density at radius 3 is 2.81 bits per heavy atom. The molecular formula is C20H14N2O4. The Kier molecular flexibility index (Phi) is 3.85. The number of carbonyl (C=O) groups excluding carboxylic acids is 1. The van der Waals surface area contributed by atoms with E-state index in [0.29, 0.717) is 22.4 Å². The highest BCUT2D eigenvalue weighted by Gasteiger charge is 2.16. The number of para-hydroxylation sites is 1. The molecule has 6 heteroatoms. The van der Waals surface area contributed by atoms with Crippen LogP contribution in [-0.2, 0) is 0 Å². The molecule has 1 N–H and O–H groups in total. The molecule has 6 nitrogen and oxygen atoms in total. The molecule has 2 aromatic carbocycles. The standard InChI is InChI=1S/C20H14N2O4/c1-25-17-9-2-5-12-11-14(20(24)26-18(12)17)19(23)22-16-8-3-7-15-13(16)6-4-10-21-15/h2-11H,1H3,(H,22,23). The number of hydrogen-bond acceptors (Lipinski definition) is 5. The van der Waals surface area contributed by atoms with Gasteiger partial charge in [0.05, 0.1) is 18.3 Å². The Balaban J connectivity index is 1.77. The molecule has 1 amide bonds. The second-order valence-electron chi connectivity index (χ2n) is 5.66. The van der Waals surface area contributed by atoms with Crippen molar-refractivity contribution in [3.05, 3.63) is 76.8 Å². The van der Waals surface area contributed by atoms with Crippen LogP contribution < -0.4 is 15.7 Å². The van der Waals surface area contributed by atoms with Crippen LogP contribution in [0.3, 0.4) is 0 Å². The topological polar surface area (TPSA) is 81.4 Å². The van der Waals surface area contributed by atoms with Crippen LogP contribution in [0.15, 0.2) is 70.0 Å². The molecule has 0 aliphatic rings. The second kappa shape index (κ2) is 6.33. The average Bonchev–Trinajstić information content (AvgIpc) is 2.67. The van der Waals surface area contributed by atoms with E-state index in [4.69, 9.17) is 9.15 Å². The van der Waals surface area contributed by atoms with Gasteiger partial charge < -0.3 is 14.5 Å². The van der Waals surface area contributed by atoms with Crippen molar-refractivity contribution >= 4 is 33.5 Å². The van der Waals surface area contributed by atoms with Gasteiger partial charge in [-0.1, -0.05) is 18.2 Å². The molecule has 0 saturated carbocycles. The Morgan fingerprint density at radius 1 is 1.12 bits per heavy atom. The summed E-state index contributed by atoms with van der Waals surface area (Å²) in [5.41, 5.74) is 0.835. The first-order chi connectivity index (χ1) is 12.7. The lowest BCUT2D eigenvalue weighted by molar-refractivity contribution is 0.102. The summed E-state index contributed by atoms with van der Waals surface area (Å²) in [6, 6.07) is 15.7. The Bertz CT molecular complexity index is 1190. The minimum atomic E-state index is -0.724. The van der Waals surface area contributed by atoms with Gasteiger partial charge in [-0.2, -0.15) is 0 Å². The number of amides is 1. The number of carbonyl (C=O) groups is 1. The summed E-state index contributed by atoms with van der Waals surface area (Å²) in [5.74, 6) is -0.105. The Labute approximate surface area is 148 Å². The molecule has 2 aromatic heterocycles. The van der Waals surface area contributed by atoms with Gasteiger partial charge in [0.15, 0.2) is 11.3 Å². The van der Waals surface area contributed by atoms with Gasteiger partial charge in [0.2, 0.25) is 0 Å². The highest BCUT2D eigenvalue weighted by Crippen LogP contribution is 2.25. The number of nitrogens with one attached hydrogen (secondary N) is 1. The van der Waals surface area contributed by atoms with Gasteiger partial charge in [-0.3, -0.25) is 9.78 Å². The molecule has 0 saturated heterocycles. The predicted octanol–water partition coefficient (Wildman–Crippen LogP) is 3.60. The van der Waals surface area contributed by atoms with E-state index in [1.807, 2.05) is 12.1 Å². The third kappa shape index (κ3) is 2.67. The Hall–Kier alpha value is -3.67. The monoisotopic (exact) mass is 346 g/mol. The van der Waals surface area contributed by atoms with Gasteiger partial charge in [-0.05, 0) is 36.4 Å². The zero-order valence-corrected chi connectivity index (χ0v) is 13.9. The van der Waals surface area contributed by atoms with Crippen molar-refractivity contribution in [1.29, 1.82) is 0 Å². The lowest BCUT2D eigenvalue weighted by Gasteiger charge is -2.09. The SMILES string of the molecule is COc1cccc2cc(C(=O)Nc3cccc4ncccc34)c(=O)oc12. The molecule has 128 valence electrons. The van der Waals surface area contributed by atoms with E-state index in [9.17, 15) is 9.59 Å². The normalized spacial score (nSPS) is 10.8. The quantitative estimate of drug-likeness (QED) is 0.573. The van der Waals surface area contributed by atoms with E-state index in [-0.39, 0.29) is 5.56 Å². The van der Waals surface area contributed by atoms with Gasteiger partial charge in [0.25, 0.3) is 5.91 Å². The van der Waals surface area contributed by atoms with Crippen molar-refractivity contribution < 1.29 is 13.9 Å². The molecule has 4 rings (SSSR count). The number of methoxy groups -OCH3 is 1. The summed E-state index contributed by atoms with van der Waals surface area (Å²) >= 11 is 0. The summed E-state index contributed by atoms with van der Waals surface area (Å²) in [4.78, 5) is 29.2. The lowest BCUT2D eigenvalue weighted by atomic mass is 10.1. The van der Waals surface area contributed by atoms with Crippen molar-refractivity contribution in [1.82, 2.24) is 4.98 Å². The highest BCUT2D eigenvalue weighted by molar-refractivity contribution is 6.09. The number of anilines is 1. The Morgan fingerprint density at radius 2 is 1.96 bits per heavy atom. The minimum Gasteiger partial charge on any atom is -0.493 e. The molecule has 0 fully saturated rings. The second-order valence-corrected chi connectivity index (χ2v) is 5.66. The minimum absolute atomic E-state index is 0.0772. The van der Waals surface area contributed by atoms with Crippen LogP contribution in [0.2, 0.25) is 0 Å². The van der Waals surface area contributed by atoms with Gasteiger partial charge in [-0.25, -0.2) is 4.79 Å². The highest BCUT2D eigenvalue weighted by atomic mass is 16.5. The van der Waals surface area contributed by atoms with Crippen LogP contribution in [0.25, 0.3) is 21.9 Å². The molecule has 2 heterocycles. The fourth-order valence-electron chi connectivity index (χ4n) is 2.84. The predicted molar refractivity (Wildman–Crippen MR) is 98.7 cm³/mol. The number of nitrogens with zero attached hydrogens (tertiary/aromatic N) is 1. The van der Waals surface area contributed by atoms with E-state index in [0.717, 1.165) is 10.9 Å². The number of rotatable bonds is 3. The molecular weight excluding hydrogens is 332 g/mol. The maximum absolute atomic E-state index is 12.7. The molecule has 4 aromatic rings. The molecule has 0 aliphatic carbocycles. The molecule has 0 atom stereocenters. The van der Waals surface area contributed by atoms with E-state index >= 15 is 0 Å². The van der Waals surface area contributed by atoms with Crippen LogP contribution >= 0.6 is 0 Å². The summed E-state index contributed by atoms with van der Waals surface area (Å²) < 4.78 is 10.5. The summed E-state index contributed by atoms with van der Waals surface area (Å²) in [7, 11) is 1.49. The molecule has 0 spiro atoms. The molecule has 0 bridgehead atoms. The first kappa shape index (κ1) is 15.8. The maximum atomic E-state index is 12.7. The number of hydrogen-bond donors (Lipinski definition) is 1. The van der Waals surface area contributed by atoms with Crippen LogP contribution in [0, 0.1) is 0 Å². The summed E-state index contributed by atoms with van der Waals surface area (Å²) in [5, 5.41) is 4.16. The van der Waals surface area contributed by atoms with Crippen LogP contribution in [0.4, 0.5) is 5.69 Å². The lowest BCUT2D eigenvalue weighted by Crippen LogP contribution is -2.20. The van der Waals surface area contributed by atoms with Crippen LogP contribution in [0.5, 0.6) is 5.75 Å². The number of aromatic nitrogens is 1. The third-order valence-electron chi connectivity index (χ3n) is 4.08. The average molecular weight is 346 g/mol. The summed E-state index contributed by atoms with van der Waals surface area (Å²) in [6.07, 6.45) is 1.68. The van der Waals surface area contributed by atoms with E-state index in [1.165, 1.54) is 13.2 Å². The molecule has 0 radical (unpaired) electrons. The first-order valence-electron chi connectivity index (χ1n) is 7.93. The van der Waals surface area contributed by atoms with Crippen molar-refractivity contribution in [3.8, 4) is 5.75 Å². The van der Waals surface area contributed by atoms with E-state index in [1.54, 1.807) is 42.6 Å². The molecule has 0 unspecified atom stereocenters. The van der Waals surface area contributed by atoms with Crippen LogP contribution in [-0.4, -0.2) is 18.0 Å². The first-order valence-corrected chi connectivity index (χ1v) is 7.93. The van der Waals surface area contributed by atoms with Crippen molar-refractivity contribution in [2.75, 3.05) is 12.4 Å². The smallest absolute Gasteiger partial charge is 0.349 e. The van der Waals surface area contributed by atoms with E-state index in [2.05, 4.69) is 10.3 Å². The molecule has 0 aliphatic heterocycles. The van der Waals surface area contributed by atoms with Crippen molar-refractivity contribution in [2.45, 2.75) is 0 Å². The zero-order chi connectivity index (χ0) is 18.1. The van der Waals surface area contributed by atoms with Crippen LogP contribution in [0.1, 0.15) is 10.4 Å². The third-order valence-corrected chi connectivity index (χ3v) is 4.08. The van der Waals surface area contributed by atoms with Gasteiger partial charge in [-0.15, -0.1) is 0 Å². The number of pyridine rings is 1. The van der Waals surface area contributed by atoms with Gasteiger partial charge in [0.1, 0.15) is 5.56 Å². The van der Waals surface area contributed by atoms with Crippen molar-refractivity contribution in [2.24, 2.45) is 0 Å². The summed E-state index contributed by atoms with van der Waals surface area (Å²) in [6.45, 7) is 0. The van der Waals surface area contributed by atoms with Gasteiger partial charge in [0, 0.05) is 17.0 Å². The number of benzene rings is 2. The zero-order valence-electron chi connectivity index (χ0n) is 13.9. The maximum Gasteiger partial charge on any atom is 0.349 e.